The number of sulfonamides is 1. The van der Waals surface area contributed by atoms with Gasteiger partial charge in [-0.1, -0.05) is 0 Å². The first kappa shape index (κ1) is 15.4. The van der Waals surface area contributed by atoms with Gasteiger partial charge in [0.25, 0.3) is 10.0 Å². The van der Waals surface area contributed by atoms with Crippen LogP contribution >= 0.6 is 11.3 Å². The molecule has 1 saturated heterocycles. The van der Waals surface area contributed by atoms with Crippen LogP contribution in [0, 0.1) is 12.8 Å². The highest BCUT2D eigenvalue weighted by Gasteiger charge is 2.34. The number of esters is 1. The van der Waals surface area contributed by atoms with Crippen LogP contribution in [0.25, 0.3) is 0 Å². The summed E-state index contributed by atoms with van der Waals surface area (Å²) in [5.74, 6) is -0.680. The van der Waals surface area contributed by atoms with Crippen molar-refractivity contribution in [2.45, 2.75) is 30.9 Å². The fourth-order valence-electron chi connectivity index (χ4n) is 2.20. The minimum absolute atomic E-state index is 0.193. The number of ether oxygens (including phenoxy) is 1. The molecule has 0 N–H and O–H groups in total. The molecular weight excluding hydrogens is 300 g/mol. The van der Waals surface area contributed by atoms with Crippen molar-refractivity contribution in [3.8, 4) is 0 Å². The first-order valence-corrected chi connectivity index (χ1v) is 8.80. The summed E-state index contributed by atoms with van der Waals surface area (Å²) < 4.78 is 31.5. The SMILES string of the molecule is CCOC(=O)C1CCCN(S(=O)(=O)c2cnc(C)s2)C1. The molecular formula is C12H18N2O4S2. The zero-order chi connectivity index (χ0) is 14.8. The Hall–Kier alpha value is -0.990. The van der Waals surface area contributed by atoms with Crippen molar-refractivity contribution in [2.75, 3.05) is 19.7 Å². The van der Waals surface area contributed by atoms with Crippen LogP contribution in [0.4, 0.5) is 0 Å². The van der Waals surface area contributed by atoms with Crippen molar-refractivity contribution in [3.05, 3.63) is 11.2 Å². The summed E-state index contributed by atoms with van der Waals surface area (Å²) in [7, 11) is -3.54. The van der Waals surface area contributed by atoms with Gasteiger partial charge in [-0.15, -0.1) is 11.3 Å². The van der Waals surface area contributed by atoms with Crippen LogP contribution in [-0.4, -0.2) is 43.4 Å². The Morgan fingerprint density at radius 2 is 2.35 bits per heavy atom. The highest BCUT2D eigenvalue weighted by atomic mass is 32.2. The fourth-order valence-corrected chi connectivity index (χ4v) is 4.99. The van der Waals surface area contributed by atoms with E-state index in [2.05, 4.69) is 4.98 Å². The molecule has 2 rings (SSSR count). The molecule has 8 heteroatoms. The number of hydrogen-bond donors (Lipinski definition) is 0. The number of piperidine rings is 1. The Balaban J connectivity index is 2.14. The van der Waals surface area contributed by atoms with Gasteiger partial charge in [-0.2, -0.15) is 4.31 Å². The predicted octanol–water partition coefficient (Wildman–Crippen LogP) is 1.42. The van der Waals surface area contributed by atoms with Crippen LogP contribution in [0.5, 0.6) is 0 Å². The third-order valence-corrected chi connectivity index (χ3v) is 6.41. The van der Waals surface area contributed by atoms with E-state index in [1.165, 1.54) is 10.5 Å². The molecule has 0 saturated carbocycles. The molecule has 20 heavy (non-hydrogen) atoms. The molecule has 0 bridgehead atoms. The molecule has 0 radical (unpaired) electrons. The van der Waals surface area contributed by atoms with E-state index in [-0.39, 0.29) is 22.6 Å². The Labute approximate surface area is 122 Å². The first-order chi connectivity index (χ1) is 9.45. The molecule has 1 aromatic rings. The number of thiazole rings is 1. The summed E-state index contributed by atoms with van der Waals surface area (Å²) in [6.45, 7) is 4.46. The lowest BCUT2D eigenvalue weighted by molar-refractivity contribution is -0.149. The van der Waals surface area contributed by atoms with Gasteiger partial charge in [-0.3, -0.25) is 4.79 Å². The smallest absolute Gasteiger partial charge is 0.310 e. The van der Waals surface area contributed by atoms with Crippen molar-refractivity contribution in [1.29, 1.82) is 0 Å². The molecule has 112 valence electrons. The molecule has 0 aliphatic carbocycles. The summed E-state index contributed by atoms with van der Waals surface area (Å²) in [5.41, 5.74) is 0. The quantitative estimate of drug-likeness (QED) is 0.785. The zero-order valence-corrected chi connectivity index (χ0v) is 13.2. The van der Waals surface area contributed by atoms with Crippen molar-refractivity contribution in [3.63, 3.8) is 0 Å². The first-order valence-electron chi connectivity index (χ1n) is 6.54. The number of nitrogens with zero attached hydrogens (tertiary/aromatic N) is 2. The molecule has 6 nitrogen and oxygen atoms in total. The van der Waals surface area contributed by atoms with E-state index in [1.807, 2.05) is 0 Å². The fraction of sp³-hybridized carbons (Fsp3) is 0.667. The van der Waals surface area contributed by atoms with E-state index >= 15 is 0 Å². The van der Waals surface area contributed by atoms with Crippen LogP contribution in [0.2, 0.25) is 0 Å². The van der Waals surface area contributed by atoms with Crippen LogP contribution < -0.4 is 0 Å². The van der Waals surface area contributed by atoms with Gasteiger partial charge in [0.15, 0.2) is 4.21 Å². The Morgan fingerprint density at radius 1 is 1.60 bits per heavy atom. The highest BCUT2D eigenvalue weighted by Crippen LogP contribution is 2.27. The van der Waals surface area contributed by atoms with E-state index in [9.17, 15) is 13.2 Å². The van der Waals surface area contributed by atoms with Crippen molar-refractivity contribution in [2.24, 2.45) is 5.92 Å². The van der Waals surface area contributed by atoms with Crippen LogP contribution in [0.1, 0.15) is 24.8 Å². The maximum atomic E-state index is 12.5. The monoisotopic (exact) mass is 318 g/mol. The molecule has 0 amide bonds. The van der Waals surface area contributed by atoms with Crippen LogP contribution in [0.3, 0.4) is 0 Å². The van der Waals surface area contributed by atoms with E-state index < -0.39 is 10.0 Å². The summed E-state index contributed by atoms with van der Waals surface area (Å²) >= 11 is 1.15. The molecule has 1 aliphatic rings. The van der Waals surface area contributed by atoms with E-state index in [1.54, 1.807) is 13.8 Å². The minimum Gasteiger partial charge on any atom is -0.466 e. The minimum atomic E-state index is -3.54. The molecule has 0 spiro atoms. The number of aryl methyl sites for hydroxylation is 1. The third kappa shape index (κ3) is 3.18. The number of carbonyl (C=O) groups is 1. The van der Waals surface area contributed by atoms with Gasteiger partial charge in [0.05, 0.1) is 23.7 Å². The zero-order valence-electron chi connectivity index (χ0n) is 11.5. The number of rotatable bonds is 4. The lowest BCUT2D eigenvalue weighted by atomic mass is 10.0. The maximum absolute atomic E-state index is 12.5. The normalized spacial score (nSPS) is 20.8. The lowest BCUT2D eigenvalue weighted by Gasteiger charge is -2.30. The van der Waals surface area contributed by atoms with E-state index in [0.717, 1.165) is 11.3 Å². The summed E-state index contributed by atoms with van der Waals surface area (Å²) in [6.07, 6.45) is 2.72. The number of hydrogen-bond acceptors (Lipinski definition) is 6. The molecule has 1 fully saturated rings. The van der Waals surface area contributed by atoms with Gasteiger partial charge >= 0.3 is 5.97 Å². The number of aromatic nitrogens is 1. The van der Waals surface area contributed by atoms with Gasteiger partial charge < -0.3 is 4.74 Å². The van der Waals surface area contributed by atoms with Crippen LogP contribution in [-0.2, 0) is 19.6 Å². The van der Waals surface area contributed by atoms with Crippen molar-refractivity contribution < 1.29 is 17.9 Å². The topological polar surface area (TPSA) is 76.6 Å². The average molecular weight is 318 g/mol. The second-order valence-electron chi connectivity index (χ2n) is 4.65. The molecule has 1 unspecified atom stereocenters. The maximum Gasteiger partial charge on any atom is 0.310 e. The Kier molecular flexibility index (Phi) is 4.77. The van der Waals surface area contributed by atoms with Gasteiger partial charge in [0.1, 0.15) is 0 Å². The van der Waals surface area contributed by atoms with Gasteiger partial charge in [-0.25, -0.2) is 13.4 Å². The molecule has 0 aromatic carbocycles. The highest BCUT2D eigenvalue weighted by molar-refractivity contribution is 7.91. The largest absolute Gasteiger partial charge is 0.466 e. The van der Waals surface area contributed by atoms with E-state index in [0.29, 0.717) is 31.0 Å². The Morgan fingerprint density at radius 3 is 2.95 bits per heavy atom. The van der Waals surface area contributed by atoms with Crippen LogP contribution in [0.15, 0.2) is 10.4 Å². The summed E-state index contributed by atoms with van der Waals surface area (Å²) in [6, 6.07) is 0. The average Bonchev–Trinajstić information content (AvgIpc) is 2.86. The Bertz CT molecular complexity index is 582. The third-order valence-electron chi connectivity index (χ3n) is 3.20. The lowest BCUT2D eigenvalue weighted by Crippen LogP contribution is -2.42. The van der Waals surface area contributed by atoms with Crippen molar-refractivity contribution >= 4 is 27.3 Å². The second-order valence-corrected chi connectivity index (χ2v) is 8.05. The predicted molar refractivity (Wildman–Crippen MR) is 75.0 cm³/mol. The van der Waals surface area contributed by atoms with Crippen molar-refractivity contribution in [1.82, 2.24) is 9.29 Å². The number of carbonyl (C=O) groups excluding carboxylic acids is 1. The standard InChI is InChI=1S/C12H18N2O4S2/c1-3-18-12(15)10-5-4-6-14(8-10)20(16,17)11-7-13-9(2)19-11/h7,10H,3-6,8H2,1-2H3. The second kappa shape index (κ2) is 6.19. The molecule has 1 aromatic heterocycles. The molecule has 1 atom stereocenters. The molecule has 2 heterocycles. The molecule has 1 aliphatic heterocycles. The van der Waals surface area contributed by atoms with Gasteiger partial charge in [0.2, 0.25) is 0 Å². The van der Waals surface area contributed by atoms with Gasteiger partial charge in [-0.05, 0) is 26.7 Å². The van der Waals surface area contributed by atoms with Gasteiger partial charge in [0, 0.05) is 13.1 Å². The summed E-state index contributed by atoms with van der Waals surface area (Å²) in [4.78, 5) is 15.7. The summed E-state index contributed by atoms with van der Waals surface area (Å²) in [5, 5.41) is 0.711. The van der Waals surface area contributed by atoms with E-state index in [4.69, 9.17) is 4.74 Å².